The summed E-state index contributed by atoms with van der Waals surface area (Å²) in [6, 6.07) is 0. The highest BCUT2D eigenvalue weighted by atomic mass is 35.5. The standard InChI is InChI=1S/C12H17ClN4O/c1-4-17-7-9(6-14-17)11(18)5-10-12(13)8(2)15-16(10)3/h6-7,11,18H,4-5H2,1-3H3. The molecule has 0 aliphatic carbocycles. The summed E-state index contributed by atoms with van der Waals surface area (Å²) in [7, 11) is 1.83. The quantitative estimate of drug-likeness (QED) is 0.921. The Hall–Kier alpha value is -1.33. The molecule has 0 saturated heterocycles. The first-order chi connectivity index (χ1) is 8.52. The van der Waals surface area contributed by atoms with Crippen LogP contribution in [0.4, 0.5) is 0 Å². The van der Waals surface area contributed by atoms with Gasteiger partial charge >= 0.3 is 0 Å². The van der Waals surface area contributed by atoms with Crippen molar-refractivity contribution in [3.05, 3.63) is 34.4 Å². The van der Waals surface area contributed by atoms with Gasteiger partial charge in [-0.3, -0.25) is 9.36 Å². The Morgan fingerprint density at radius 1 is 1.50 bits per heavy atom. The highest BCUT2D eigenvalue weighted by molar-refractivity contribution is 6.31. The van der Waals surface area contributed by atoms with Crippen LogP contribution in [0, 0.1) is 6.92 Å². The van der Waals surface area contributed by atoms with Gasteiger partial charge in [0.1, 0.15) is 0 Å². The Labute approximate surface area is 111 Å². The normalized spacial score (nSPS) is 12.9. The fraction of sp³-hybridized carbons (Fsp3) is 0.500. The summed E-state index contributed by atoms with van der Waals surface area (Å²) in [5.41, 5.74) is 2.42. The molecule has 1 N–H and O–H groups in total. The summed E-state index contributed by atoms with van der Waals surface area (Å²) in [6.45, 7) is 4.65. The number of aromatic nitrogens is 4. The van der Waals surface area contributed by atoms with E-state index in [0.717, 1.165) is 23.5 Å². The molecule has 2 rings (SSSR count). The highest BCUT2D eigenvalue weighted by Crippen LogP contribution is 2.25. The van der Waals surface area contributed by atoms with Crippen LogP contribution in [0.15, 0.2) is 12.4 Å². The van der Waals surface area contributed by atoms with Crippen molar-refractivity contribution in [1.29, 1.82) is 0 Å². The molecule has 5 nitrogen and oxygen atoms in total. The van der Waals surface area contributed by atoms with E-state index in [4.69, 9.17) is 11.6 Å². The Morgan fingerprint density at radius 3 is 2.72 bits per heavy atom. The fourth-order valence-electron chi connectivity index (χ4n) is 1.93. The molecule has 0 amide bonds. The van der Waals surface area contributed by atoms with Crippen molar-refractivity contribution in [1.82, 2.24) is 19.6 Å². The maximum atomic E-state index is 10.2. The number of nitrogens with zero attached hydrogens (tertiary/aromatic N) is 4. The minimum absolute atomic E-state index is 0.436. The molecule has 0 aromatic carbocycles. The lowest BCUT2D eigenvalue weighted by atomic mass is 10.1. The van der Waals surface area contributed by atoms with Crippen molar-refractivity contribution in [2.24, 2.45) is 7.05 Å². The van der Waals surface area contributed by atoms with Crippen molar-refractivity contribution in [2.75, 3.05) is 0 Å². The zero-order chi connectivity index (χ0) is 13.3. The summed E-state index contributed by atoms with van der Waals surface area (Å²) in [5.74, 6) is 0. The maximum absolute atomic E-state index is 10.2. The molecule has 0 spiro atoms. The number of hydrogen-bond donors (Lipinski definition) is 1. The van der Waals surface area contributed by atoms with Crippen LogP contribution in [-0.2, 0) is 20.0 Å². The van der Waals surface area contributed by atoms with Gasteiger partial charge in [0, 0.05) is 31.8 Å². The lowest BCUT2D eigenvalue weighted by Gasteiger charge is -2.09. The van der Waals surface area contributed by atoms with Crippen LogP contribution in [0.2, 0.25) is 5.02 Å². The molecular weight excluding hydrogens is 252 g/mol. The molecule has 0 radical (unpaired) electrons. The third-order valence-corrected chi connectivity index (χ3v) is 3.50. The highest BCUT2D eigenvalue weighted by Gasteiger charge is 2.17. The zero-order valence-electron chi connectivity index (χ0n) is 10.8. The first kappa shape index (κ1) is 13.1. The summed E-state index contributed by atoms with van der Waals surface area (Å²) in [5, 5.41) is 19.2. The van der Waals surface area contributed by atoms with Crippen LogP contribution in [0.5, 0.6) is 0 Å². The Bertz CT molecular complexity index is 546. The van der Waals surface area contributed by atoms with Gasteiger partial charge in [-0.25, -0.2) is 0 Å². The Morgan fingerprint density at radius 2 is 2.22 bits per heavy atom. The fourth-order valence-corrected chi connectivity index (χ4v) is 2.16. The minimum Gasteiger partial charge on any atom is -0.388 e. The zero-order valence-corrected chi connectivity index (χ0v) is 11.5. The molecule has 0 saturated carbocycles. The van der Waals surface area contributed by atoms with E-state index in [2.05, 4.69) is 10.2 Å². The van der Waals surface area contributed by atoms with E-state index >= 15 is 0 Å². The van der Waals surface area contributed by atoms with Crippen LogP contribution in [-0.4, -0.2) is 24.7 Å². The number of aliphatic hydroxyl groups excluding tert-OH is 1. The van der Waals surface area contributed by atoms with Crippen LogP contribution < -0.4 is 0 Å². The molecule has 98 valence electrons. The van der Waals surface area contributed by atoms with Crippen molar-refractivity contribution < 1.29 is 5.11 Å². The van der Waals surface area contributed by atoms with Gasteiger partial charge in [-0.1, -0.05) is 11.6 Å². The minimum atomic E-state index is -0.613. The number of aliphatic hydroxyl groups is 1. The number of hydrogen-bond acceptors (Lipinski definition) is 3. The molecule has 0 bridgehead atoms. The third kappa shape index (κ3) is 2.42. The Kier molecular flexibility index (Phi) is 3.73. The number of rotatable bonds is 4. The molecular formula is C12H17ClN4O. The van der Waals surface area contributed by atoms with E-state index < -0.39 is 6.10 Å². The predicted octanol–water partition coefficient (Wildman–Crippen LogP) is 1.87. The van der Waals surface area contributed by atoms with Gasteiger partial charge in [0.05, 0.1) is 28.7 Å². The van der Waals surface area contributed by atoms with Crippen LogP contribution >= 0.6 is 11.6 Å². The second kappa shape index (κ2) is 5.12. The van der Waals surface area contributed by atoms with Crippen LogP contribution in [0.25, 0.3) is 0 Å². The van der Waals surface area contributed by atoms with Gasteiger partial charge in [0.25, 0.3) is 0 Å². The van der Waals surface area contributed by atoms with E-state index in [1.807, 2.05) is 27.1 Å². The summed E-state index contributed by atoms with van der Waals surface area (Å²) in [6.07, 6.45) is 3.36. The second-order valence-electron chi connectivity index (χ2n) is 4.32. The number of halogens is 1. The third-order valence-electron chi connectivity index (χ3n) is 3.01. The van der Waals surface area contributed by atoms with E-state index in [0.29, 0.717) is 11.4 Å². The summed E-state index contributed by atoms with van der Waals surface area (Å²) in [4.78, 5) is 0. The van der Waals surface area contributed by atoms with E-state index in [1.165, 1.54) is 0 Å². The topological polar surface area (TPSA) is 55.9 Å². The van der Waals surface area contributed by atoms with Gasteiger partial charge in [0.15, 0.2) is 0 Å². The molecule has 1 unspecified atom stereocenters. The molecule has 1 atom stereocenters. The first-order valence-electron chi connectivity index (χ1n) is 5.91. The lowest BCUT2D eigenvalue weighted by molar-refractivity contribution is 0.175. The molecule has 2 aromatic rings. The Balaban J connectivity index is 2.18. The van der Waals surface area contributed by atoms with Crippen molar-refractivity contribution in [3.63, 3.8) is 0 Å². The van der Waals surface area contributed by atoms with Gasteiger partial charge in [-0.15, -0.1) is 0 Å². The first-order valence-corrected chi connectivity index (χ1v) is 6.29. The maximum Gasteiger partial charge on any atom is 0.0876 e. The van der Waals surface area contributed by atoms with Crippen molar-refractivity contribution in [3.8, 4) is 0 Å². The molecule has 0 fully saturated rings. The van der Waals surface area contributed by atoms with Crippen molar-refractivity contribution in [2.45, 2.75) is 32.9 Å². The smallest absolute Gasteiger partial charge is 0.0876 e. The van der Waals surface area contributed by atoms with E-state index in [9.17, 15) is 5.11 Å². The summed E-state index contributed by atoms with van der Waals surface area (Å²) >= 11 is 6.16. The molecule has 6 heteroatoms. The molecule has 2 aromatic heterocycles. The molecule has 0 aliphatic rings. The van der Waals surface area contributed by atoms with Crippen LogP contribution in [0.1, 0.15) is 30.0 Å². The van der Waals surface area contributed by atoms with Crippen molar-refractivity contribution >= 4 is 11.6 Å². The van der Waals surface area contributed by atoms with Gasteiger partial charge in [0.2, 0.25) is 0 Å². The molecule has 0 aliphatic heterocycles. The number of aryl methyl sites for hydroxylation is 3. The second-order valence-corrected chi connectivity index (χ2v) is 4.70. The lowest BCUT2D eigenvalue weighted by Crippen LogP contribution is -2.06. The van der Waals surface area contributed by atoms with Gasteiger partial charge in [-0.2, -0.15) is 10.2 Å². The van der Waals surface area contributed by atoms with Gasteiger partial charge < -0.3 is 5.11 Å². The van der Waals surface area contributed by atoms with E-state index in [-0.39, 0.29) is 0 Å². The van der Waals surface area contributed by atoms with Gasteiger partial charge in [-0.05, 0) is 13.8 Å². The monoisotopic (exact) mass is 268 g/mol. The van der Waals surface area contributed by atoms with Crippen LogP contribution in [0.3, 0.4) is 0 Å². The SMILES string of the molecule is CCn1cc(C(O)Cc2c(Cl)c(C)nn2C)cn1. The largest absolute Gasteiger partial charge is 0.388 e. The molecule has 18 heavy (non-hydrogen) atoms. The predicted molar refractivity (Wildman–Crippen MR) is 69.5 cm³/mol. The average Bonchev–Trinajstić information content (AvgIpc) is 2.90. The average molecular weight is 269 g/mol. The van der Waals surface area contributed by atoms with E-state index in [1.54, 1.807) is 15.6 Å². The molecule has 2 heterocycles. The summed E-state index contributed by atoms with van der Waals surface area (Å²) < 4.78 is 3.50.